The van der Waals surface area contributed by atoms with Gasteiger partial charge in [-0.25, -0.2) is 0 Å². The molecule has 0 fully saturated rings. The van der Waals surface area contributed by atoms with Crippen LogP contribution in [-0.2, 0) is 19.1 Å². The summed E-state index contributed by atoms with van der Waals surface area (Å²) in [6.07, 6.45) is 0.400. The summed E-state index contributed by atoms with van der Waals surface area (Å²) in [7, 11) is 0. The highest BCUT2D eigenvalue weighted by atomic mass is 35.5. The van der Waals surface area contributed by atoms with Crippen LogP contribution in [0.15, 0.2) is 42.5 Å². The quantitative estimate of drug-likeness (QED) is 0.566. The Kier molecular flexibility index (Phi) is 8.57. The number of ether oxygens (including phenoxy) is 1. The first-order valence-electron chi connectivity index (χ1n) is 8.30. The molecule has 0 heterocycles. The van der Waals surface area contributed by atoms with Crippen LogP contribution in [0, 0.1) is 0 Å². The number of benzene rings is 2. The number of carbonyl (C=O) groups is 3. The van der Waals surface area contributed by atoms with Gasteiger partial charge in [0.15, 0.2) is 6.61 Å². The minimum Gasteiger partial charge on any atom is -0.456 e. The Morgan fingerprint density at radius 3 is 2.21 bits per heavy atom. The van der Waals surface area contributed by atoms with Crippen molar-refractivity contribution in [1.29, 1.82) is 0 Å². The zero-order chi connectivity index (χ0) is 20.5. The number of hydrogen-bond acceptors (Lipinski definition) is 4. The minimum absolute atomic E-state index is 0.00488. The highest BCUT2D eigenvalue weighted by Crippen LogP contribution is 2.25. The number of rotatable bonds is 8. The van der Waals surface area contributed by atoms with Gasteiger partial charge in [-0.15, -0.1) is 0 Å². The lowest BCUT2D eigenvalue weighted by atomic mass is 10.2. The van der Waals surface area contributed by atoms with E-state index in [0.717, 1.165) is 0 Å². The Morgan fingerprint density at radius 2 is 1.50 bits per heavy atom. The van der Waals surface area contributed by atoms with Crippen LogP contribution in [0.2, 0.25) is 15.1 Å². The number of amides is 2. The van der Waals surface area contributed by atoms with E-state index in [9.17, 15) is 14.4 Å². The second kappa shape index (κ2) is 10.9. The number of hydrogen-bond donors (Lipinski definition) is 2. The summed E-state index contributed by atoms with van der Waals surface area (Å²) in [4.78, 5) is 35.4. The molecule has 0 atom stereocenters. The third-order valence-corrected chi connectivity index (χ3v) is 4.38. The van der Waals surface area contributed by atoms with Crippen LogP contribution < -0.4 is 10.6 Å². The summed E-state index contributed by atoms with van der Waals surface area (Å²) < 4.78 is 4.89. The van der Waals surface area contributed by atoms with Gasteiger partial charge in [-0.2, -0.15) is 0 Å². The van der Waals surface area contributed by atoms with E-state index in [4.69, 9.17) is 39.5 Å². The Labute approximate surface area is 177 Å². The van der Waals surface area contributed by atoms with Crippen LogP contribution in [-0.4, -0.2) is 24.4 Å². The minimum atomic E-state index is -0.581. The third kappa shape index (κ3) is 7.38. The molecule has 9 heteroatoms. The number of halogens is 3. The van der Waals surface area contributed by atoms with Crippen LogP contribution in [0.4, 0.5) is 11.4 Å². The van der Waals surface area contributed by atoms with Crippen molar-refractivity contribution in [2.75, 3.05) is 17.2 Å². The third-order valence-electron chi connectivity index (χ3n) is 3.50. The lowest BCUT2D eigenvalue weighted by Gasteiger charge is -2.09. The summed E-state index contributed by atoms with van der Waals surface area (Å²) in [5.41, 5.74) is 0.873. The number of anilines is 2. The molecular weight excluding hydrogens is 427 g/mol. The van der Waals surface area contributed by atoms with E-state index in [1.54, 1.807) is 36.4 Å². The van der Waals surface area contributed by atoms with E-state index in [0.29, 0.717) is 21.4 Å². The molecule has 6 nitrogen and oxygen atoms in total. The van der Waals surface area contributed by atoms with E-state index in [2.05, 4.69) is 10.6 Å². The zero-order valence-corrected chi connectivity index (χ0v) is 16.9. The average molecular weight is 444 g/mol. The van der Waals surface area contributed by atoms with Gasteiger partial charge in [-0.05, 0) is 36.8 Å². The van der Waals surface area contributed by atoms with Gasteiger partial charge in [0.05, 0.1) is 21.4 Å². The van der Waals surface area contributed by atoms with E-state index in [1.807, 2.05) is 0 Å². The van der Waals surface area contributed by atoms with Gasteiger partial charge in [0, 0.05) is 17.9 Å². The van der Waals surface area contributed by atoms with Crippen molar-refractivity contribution in [1.82, 2.24) is 0 Å². The monoisotopic (exact) mass is 442 g/mol. The summed E-state index contributed by atoms with van der Waals surface area (Å²) in [5, 5.41) is 6.32. The first-order valence-corrected chi connectivity index (χ1v) is 9.43. The summed E-state index contributed by atoms with van der Waals surface area (Å²) >= 11 is 17.7. The molecule has 148 valence electrons. The second-order valence-corrected chi connectivity index (χ2v) is 6.97. The van der Waals surface area contributed by atoms with Gasteiger partial charge < -0.3 is 15.4 Å². The molecule has 0 aliphatic rings. The van der Waals surface area contributed by atoms with Crippen molar-refractivity contribution < 1.29 is 19.1 Å². The zero-order valence-electron chi connectivity index (χ0n) is 14.6. The largest absolute Gasteiger partial charge is 0.456 e. The maximum absolute atomic E-state index is 11.9. The predicted octanol–water partition coefficient (Wildman–Crippen LogP) is 4.94. The van der Waals surface area contributed by atoms with E-state index in [-0.39, 0.29) is 30.2 Å². The summed E-state index contributed by atoms with van der Waals surface area (Å²) in [6, 6.07) is 11.5. The van der Waals surface area contributed by atoms with E-state index < -0.39 is 18.5 Å². The van der Waals surface area contributed by atoms with Crippen molar-refractivity contribution in [2.24, 2.45) is 0 Å². The SMILES string of the molecule is O=C(CCCC(=O)OCC(=O)Nc1ccc(Cl)cc1Cl)Nc1ccccc1Cl. The molecule has 0 bridgehead atoms. The van der Waals surface area contributed by atoms with Crippen molar-refractivity contribution in [3.63, 3.8) is 0 Å². The molecule has 2 aromatic rings. The van der Waals surface area contributed by atoms with Crippen molar-refractivity contribution >= 4 is 64.0 Å². The Morgan fingerprint density at radius 1 is 0.821 bits per heavy atom. The molecule has 0 spiro atoms. The van der Waals surface area contributed by atoms with Crippen LogP contribution in [0.5, 0.6) is 0 Å². The number of para-hydroxylation sites is 1. The van der Waals surface area contributed by atoms with Crippen LogP contribution in [0.3, 0.4) is 0 Å². The summed E-state index contributed by atoms with van der Waals surface area (Å²) in [5.74, 6) is -1.38. The fourth-order valence-electron chi connectivity index (χ4n) is 2.16. The standard InChI is InChI=1S/C19H17Cl3N2O4/c20-12-8-9-16(14(22)10-12)24-18(26)11-28-19(27)7-3-6-17(25)23-15-5-2-1-4-13(15)21/h1-2,4-5,8-10H,3,6-7,11H2,(H,23,25)(H,24,26). The van der Waals surface area contributed by atoms with Crippen LogP contribution in [0.25, 0.3) is 0 Å². The molecule has 2 amide bonds. The van der Waals surface area contributed by atoms with Gasteiger partial charge in [-0.1, -0.05) is 46.9 Å². The normalized spacial score (nSPS) is 10.2. The number of nitrogens with one attached hydrogen (secondary N) is 2. The molecule has 2 rings (SSSR count). The number of esters is 1. The van der Waals surface area contributed by atoms with Crippen LogP contribution in [0.1, 0.15) is 19.3 Å². The molecule has 2 N–H and O–H groups in total. The maximum Gasteiger partial charge on any atom is 0.306 e. The molecule has 2 aromatic carbocycles. The van der Waals surface area contributed by atoms with Crippen LogP contribution >= 0.6 is 34.8 Å². The lowest BCUT2D eigenvalue weighted by Crippen LogP contribution is -2.21. The van der Waals surface area contributed by atoms with E-state index in [1.165, 1.54) is 6.07 Å². The molecule has 0 aliphatic heterocycles. The van der Waals surface area contributed by atoms with Gasteiger partial charge in [0.25, 0.3) is 5.91 Å². The van der Waals surface area contributed by atoms with Crippen molar-refractivity contribution in [3.05, 3.63) is 57.5 Å². The molecule has 0 radical (unpaired) electrons. The Bertz CT molecular complexity index is 874. The molecule has 0 aromatic heterocycles. The Hall–Kier alpha value is -2.28. The molecule has 0 unspecified atom stereocenters. The summed E-state index contributed by atoms with van der Waals surface area (Å²) in [6.45, 7) is -0.455. The molecule has 0 aliphatic carbocycles. The fraction of sp³-hybridized carbons (Fsp3) is 0.211. The van der Waals surface area contributed by atoms with Crippen molar-refractivity contribution in [2.45, 2.75) is 19.3 Å². The molecule has 28 heavy (non-hydrogen) atoms. The predicted molar refractivity (Wildman–Crippen MR) is 110 cm³/mol. The average Bonchev–Trinajstić information content (AvgIpc) is 2.64. The van der Waals surface area contributed by atoms with Gasteiger partial charge in [0.1, 0.15) is 0 Å². The van der Waals surface area contributed by atoms with E-state index >= 15 is 0 Å². The Balaban J connectivity index is 1.66. The highest BCUT2D eigenvalue weighted by molar-refractivity contribution is 6.36. The highest BCUT2D eigenvalue weighted by Gasteiger charge is 2.11. The van der Waals surface area contributed by atoms with Gasteiger partial charge in [0.2, 0.25) is 5.91 Å². The second-order valence-electron chi connectivity index (χ2n) is 5.71. The van der Waals surface area contributed by atoms with Crippen molar-refractivity contribution in [3.8, 4) is 0 Å². The topological polar surface area (TPSA) is 84.5 Å². The lowest BCUT2D eigenvalue weighted by molar-refractivity contribution is -0.147. The van der Waals surface area contributed by atoms with Gasteiger partial charge in [-0.3, -0.25) is 14.4 Å². The maximum atomic E-state index is 11.9. The molecule has 0 saturated heterocycles. The first kappa shape index (κ1) is 22.0. The fourth-order valence-corrected chi connectivity index (χ4v) is 2.80. The van der Waals surface area contributed by atoms with Gasteiger partial charge >= 0.3 is 5.97 Å². The first-order chi connectivity index (χ1) is 13.3. The number of carbonyl (C=O) groups excluding carboxylic acids is 3. The molecule has 0 saturated carbocycles. The molecular formula is C19H17Cl3N2O4. The smallest absolute Gasteiger partial charge is 0.306 e.